The average Bonchev–Trinajstić information content (AvgIpc) is 2.87. The molecule has 0 saturated carbocycles. The van der Waals surface area contributed by atoms with Crippen molar-refractivity contribution in [2.75, 3.05) is 38.3 Å². The SMILES string of the molecule is CCOc1ccc(-c2nc(OC)ccc2N2CCNC(=O)CC2)cn1. The first-order valence-corrected chi connectivity index (χ1v) is 8.37. The van der Waals surface area contributed by atoms with Crippen molar-refractivity contribution < 1.29 is 14.3 Å². The van der Waals surface area contributed by atoms with Gasteiger partial charge in [0.2, 0.25) is 17.7 Å². The van der Waals surface area contributed by atoms with Crippen molar-refractivity contribution in [2.45, 2.75) is 13.3 Å². The van der Waals surface area contributed by atoms with E-state index in [2.05, 4.69) is 20.2 Å². The average molecular weight is 342 g/mol. The monoisotopic (exact) mass is 342 g/mol. The quantitative estimate of drug-likeness (QED) is 0.894. The van der Waals surface area contributed by atoms with Crippen LogP contribution in [0.4, 0.5) is 5.69 Å². The molecule has 7 nitrogen and oxygen atoms in total. The summed E-state index contributed by atoms with van der Waals surface area (Å²) in [6, 6.07) is 7.58. The molecule has 3 rings (SSSR count). The zero-order chi connectivity index (χ0) is 17.6. The van der Waals surface area contributed by atoms with Crippen LogP contribution < -0.4 is 19.7 Å². The molecule has 1 saturated heterocycles. The number of nitrogens with one attached hydrogen (secondary N) is 1. The van der Waals surface area contributed by atoms with E-state index in [1.54, 1.807) is 13.3 Å². The van der Waals surface area contributed by atoms with Gasteiger partial charge >= 0.3 is 0 Å². The molecule has 7 heteroatoms. The molecule has 0 aliphatic carbocycles. The molecule has 0 spiro atoms. The van der Waals surface area contributed by atoms with Crippen molar-refractivity contribution in [3.63, 3.8) is 0 Å². The number of anilines is 1. The zero-order valence-corrected chi connectivity index (χ0v) is 14.5. The third-order valence-corrected chi connectivity index (χ3v) is 4.01. The fourth-order valence-corrected chi connectivity index (χ4v) is 2.78. The number of hydrogen-bond donors (Lipinski definition) is 1. The van der Waals surface area contributed by atoms with Gasteiger partial charge in [0.05, 0.1) is 25.1 Å². The lowest BCUT2D eigenvalue weighted by atomic mass is 10.1. The summed E-state index contributed by atoms with van der Waals surface area (Å²) < 4.78 is 10.7. The summed E-state index contributed by atoms with van der Waals surface area (Å²) in [5, 5.41) is 2.89. The number of ether oxygens (including phenoxy) is 2. The van der Waals surface area contributed by atoms with Crippen molar-refractivity contribution in [3.8, 4) is 23.0 Å². The molecule has 2 aromatic heterocycles. The molecule has 1 amide bonds. The highest BCUT2D eigenvalue weighted by atomic mass is 16.5. The van der Waals surface area contributed by atoms with Crippen LogP contribution in [0.5, 0.6) is 11.8 Å². The normalized spacial score (nSPS) is 14.6. The molecule has 3 heterocycles. The van der Waals surface area contributed by atoms with Gasteiger partial charge in [0.25, 0.3) is 0 Å². The maximum Gasteiger partial charge on any atom is 0.221 e. The lowest BCUT2D eigenvalue weighted by Gasteiger charge is -2.24. The number of methoxy groups -OCH3 is 1. The highest BCUT2D eigenvalue weighted by Crippen LogP contribution is 2.32. The summed E-state index contributed by atoms with van der Waals surface area (Å²) in [4.78, 5) is 22.7. The van der Waals surface area contributed by atoms with Crippen LogP contribution in [0, 0.1) is 0 Å². The van der Waals surface area contributed by atoms with Gasteiger partial charge in [-0.05, 0) is 19.1 Å². The predicted molar refractivity (Wildman–Crippen MR) is 95.0 cm³/mol. The number of carbonyl (C=O) groups is 1. The van der Waals surface area contributed by atoms with Crippen molar-refractivity contribution >= 4 is 11.6 Å². The van der Waals surface area contributed by atoms with Crippen molar-refractivity contribution in [1.29, 1.82) is 0 Å². The van der Waals surface area contributed by atoms with Crippen molar-refractivity contribution in [2.24, 2.45) is 0 Å². The Balaban J connectivity index is 1.96. The lowest BCUT2D eigenvalue weighted by Crippen LogP contribution is -2.28. The van der Waals surface area contributed by atoms with Crippen LogP contribution in [0.2, 0.25) is 0 Å². The summed E-state index contributed by atoms with van der Waals surface area (Å²) in [6.45, 7) is 4.50. The van der Waals surface area contributed by atoms with Crippen LogP contribution in [0.25, 0.3) is 11.3 Å². The molecule has 0 atom stereocenters. The Labute approximate surface area is 147 Å². The van der Waals surface area contributed by atoms with Crippen LogP contribution >= 0.6 is 0 Å². The Morgan fingerprint density at radius 2 is 2.04 bits per heavy atom. The van der Waals surface area contributed by atoms with Gasteiger partial charge in [-0.25, -0.2) is 9.97 Å². The molecule has 25 heavy (non-hydrogen) atoms. The number of hydrogen-bond acceptors (Lipinski definition) is 6. The minimum Gasteiger partial charge on any atom is -0.481 e. The summed E-state index contributed by atoms with van der Waals surface area (Å²) in [6.07, 6.45) is 2.21. The molecular weight excluding hydrogens is 320 g/mol. The van der Waals surface area contributed by atoms with Gasteiger partial charge in [-0.3, -0.25) is 4.79 Å². The zero-order valence-electron chi connectivity index (χ0n) is 14.5. The first-order valence-electron chi connectivity index (χ1n) is 8.37. The number of amides is 1. The summed E-state index contributed by atoms with van der Waals surface area (Å²) in [7, 11) is 1.59. The fraction of sp³-hybridized carbons (Fsp3) is 0.389. The first-order chi connectivity index (χ1) is 12.2. The Morgan fingerprint density at radius 1 is 1.20 bits per heavy atom. The molecule has 0 bridgehead atoms. The number of pyridine rings is 2. The van der Waals surface area contributed by atoms with Gasteiger partial charge in [0.1, 0.15) is 0 Å². The van der Waals surface area contributed by atoms with E-state index in [0.29, 0.717) is 37.9 Å². The first kappa shape index (κ1) is 17.0. The molecule has 1 fully saturated rings. The molecule has 0 aromatic carbocycles. The Kier molecular flexibility index (Phi) is 5.33. The van der Waals surface area contributed by atoms with Gasteiger partial charge in [0, 0.05) is 49.9 Å². The van der Waals surface area contributed by atoms with Gasteiger partial charge in [-0.15, -0.1) is 0 Å². The van der Waals surface area contributed by atoms with E-state index >= 15 is 0 Å². The maximum atomic E-state index is 11.6. The molecule has 2 aromatic rings. The second-order valence-corrected chi connectivity index (χ2v) is 5.63. The maximum absolute atomic E-state index is 11.6. The summed E-state index contributed by atoms with van der Waals surface area (Å²) >= 11 is 0. The van der Waals surface area contributed by atoms with E-state index in [4.69, 9.17) is 9.47 Å². The van der Waals surface area contributed by atoms with E-state index in [-0.39, 0.29) is 5.91 Å². The third kappa shape index (κ3) is 3.99. The molecule has 1 aliphatic heterocycles. The van der Waals surface area contributed by atoms with Crippen LogP contribution in [0.15, 0.2) is 30.5 Å². The summed E-state index contributed by atoms with van der Waals surface area (Å²) in [5.74, 6) is 1.20. The Hall–Kier alpha value is -2.83. The highest BCUT2D eigenvalue weighted by Gasteiger charge is 2.19. The number of rotatable bonds is 5. The molecule has 0 unspecified atom stereocenters. The number of aromatic nitrogens is 2. The molecule has 132 valence electrons. The van der Waals surface area contributed by atoms with E-state index in [1.807, 2.05) is 31.2 Å². The van der Waals surface area contributed by atoms with E-state index in [0.717, 1.165) is 23.5 Å². The minimum absolute atomic E-state index is 0.0771. The van der Waals surface area contributed by atoms with Crippen molar-refractivity contribution in [3.05, 3.63) is 30.5 Å². The Morgan fingerprint density at radius 3 is 2.76 bits per heavy atom. The van der Waals surface area contributed by atoms with Gasteiger partial charge in [-0.1, -0.05) is 0 Å². The van der Waals surface area contributed by atoms with Crippen LogP contribution in [-0.2, 0) is 4.79 Å². The van der Waals surface area contributed by atoms with Gasteiger partial charge in [0.15, 0.2) is 0 Å². The Bertz CT molecular complexity index is 734. The predicted octanol–water partition coefficient (Wildman–Crippen LogP) is 1.88. The molecule has 1 aliphatic rings. The van der Waals surface area contributed by atoms with E-state index < -0.39 is 0 Å². The summed E-state index contributed by atoms with van der Waals surface area (Å²) in [5.41, 5.74) is 2.62. The van der Waals surface area contributed by atoms with Crippen LogP contribution in [0.1, 0.15) is 13.3 Å². The van der Waals surface area contributed by atoms with Crippen molar-refractivity contribution in [1.82, 2.24) is 15.3 Å². The van der Waals surface area contributed by atoms with Crippen LogP contribution in [0.3, 0.4) is 0 Å². The third-order valence-electron chi connectivity index (χ3n) is 4.01. The van der Waals surface area contributed by atoms with Crippen LogP contribution in [-0.4, -0.2) is 49.2 Å². The largest absolute Gasteiger partial charge is 0.481 e. The highest BCUT2D eigenvalue weighted by molar-refractivity contribution is 5.79. The molecule has 1 N–H and O–H groups in total. The fourth-order valence-electron chi connectivity index (χ4n) is 2.78. The molecule has 0 radical (unpaired) electrons. The second-order valence-electron chi connectivity index (χ2n) is 5.63. The lowest BCUT2D eigenvalue weighted by molar-refractivity contribution is -0.120. The smallest absolute Gasteiger partial charge is 0.221 e. The number of nitrogens with zero attached hydrogens (tertiary/aromatic N) is 3. The second kappa shape index (κ2) is 7.83. The topological polar surface area (TPSA) is 76.6 Å². The van der Waals surface area contributed by atoms with Gasteiger partial charge < -0.3 is 19.7 Å². The van der Waals surface area contributed by atoms with E-state index in [1.165, 1.54) is 0 Å². The molecular formula is C18H22N4O3. The van der Waals surface area contributed by atoms with Gasteiger partial charge in [-0.2, -0.15) is 0 Å². The van der Waals surface area contributed by atoms with E-state index in [9.17, 15) is 4.79 Å². The number of carbonyl (C=O) groups excluding carboxylic acids is 1. The standard InChI is InChI=1S/C18H22N4O3/c1-3-25-16-6-4-13(12-20-16)18-14(5-7-17(21-18)24-2)22-10-8-15(23)19-9-11-22/h4-7,12H,3,8-11H2,1-2H3,(H,19,23). The minimum atomic E-state index is 0.0771.